The van der Waals surface area contributed by atoms with Crippen LogP contribution in [0.3, 0.4) is 0 Å². The van der Waals surface area contributed by atoms with Gasteiger partial charge in [0.15, 0.2) is 5.82 Å². The summed E-state index contributed by atoms with van der Waals surface area (Å²) < 4.78 is 5.50. The van der Waals surface area contributed by atoms with Gasteiger partial charge in [-0.3, -0.25) is 4.79 Å². The van der Waals surface area contributed by atoms with Crippen molar-refractivity contribution in [3.8, 4) is 11.4 Å². The number of carbonyl (C=O) groups is 2. The Morgan fingerprint density at radius 1 is 0.875 bits per heavy atom. The van der Waals surface area contributed by atoms with Gasteiger partial charge in [0, 0.05) is 59.9 Å². The number of rotatable bonds is 7. The maximum Gasteiger partial charge on any atom is 0.410 e. The first-order valence-corrected chi connectivity index (χ1v) is 16.0. The van der Waals surface area contributed by atoms with Gasteiger partial charge in [0.2, 0.25) is 11.9 Å². The van der Waals surface area contributed by atoms with Crippen LogP contribution in [0.4, 0.5) is 33.8 Å². The molecule has 1 aromatic heterocycles. The van der Waals surface area contributed by atoms with Crippen molar-refractivity contribution in [2.24, 2.45) is 0 Å². The van der Waals surface area contributed by atoms with Crippen LogP contribution in [-0.4, -0.2) is 68.7 Å². The highest BCUT2D eigenvalue weighted by Crippen LogP contribution is 2.30. The Labute approximate surface area is 281 Å². The molecule has 4 aromatic rings. The lowest BCUT2D eigenvalue weighted by Crippen LogP contribution is -2.50. The molecule has 1 saturated heterocycles. The molecule has 0 atom stereocenters. The van der Waals surface area contributed by atoms with Crippen LogP contribution in [0.1, 0.15) is 63.0 Å². The van der Waals surface area contributed by atoms with Crippen molar-refractivity contribution in [3.05, 3.63) is 83.4 Å². The van der Waals surface area contributed by atoms with Gasteiger partial charge in [0.05, 0.1) is 6.61 Å². The fourth-order valence-electron chi connectivity index (χ4n) is 5.33. The lowest BCUT2D eigenvalue weighted by Gasteiger charge is -2.36. The van der Waals surface area contributed by atoms with Gasteiger partial charge in [-0.15, -0.1) is 0 Å². The maximum atomic E-state index is 13.1. The molecule has 5 N–H and O–H groups in total. The van der Waals surface area contributed by atoms with Crippen LogP contribution in [0, 0.1) is 0 Å². The van der Waals surface area contributed by atoms with Crippen molar-refractivity contribution in [1.29, 1.82) is 0 Å². The second kappa shape index (κ2) is 13.9. The molecule has 0 radical (unpaired) electrons. The first kappa shape index (κ1) is 34.1. The number of anilines is 5. The number of aliphatic hydroxyl groups is 1. The van der Waals surface area contributed by atoms with E-state index in [1.54, 1.807) is 35.2 Å². The Balaban J connectivity index is 1.27. The minimum Gasteiger partial charge on any atom is -0.444 e. The monoisotopic (exact) mass is 652 g/mol. The quantitative estimate of drug-likeness (QED) is 0.188. The van der Waals surface area contributed by atoms with Crippen LogP contribution >= 0.6 is 0 Å². The number of nitrogens with zero attached hydrogens (tertiary/aromatic N) is 5. The number of hydrogen-bond acceptors (Lipinski definition) is 10. The zero-order valence-corrected chi connectivity index (χ0v) is 28.4. The number of carbonyl (C=O) groups excluding carboxylic acids is 2. The summed E-state index contributed by atoms with van der Waals surface area (Å²) in [6.07, 6.45) is -0.290. The van der Waals surface area contributed by atoms with E-state index in [1.165, 1.54) is 0 Å². The minimum absolute atomic E-state index is 0.000699. The number of piperazine rings is 1. The number of nitrogen functional groups attached to an aromatic ring is 1. The van der Waals surface area contributed by atoms with E-state index in [1.807, 2.05) is 57.2 Å². The van der Waals surface area contributed by atoms with E-state index in [9.17, 15) is 14.7 Å². The number of hydrogen-bond donors (Lipinski definition) is 4. The van der Waals surface area contributed by atoms with Crippen molar-refractivity contribution in [1.82, 2.24) is 19.9 Å². The molecule has 5 rings (SSSR count). The molecule has 0 spiro atoms. The Morgan fingerprint density at radius 2 is 1.54 bits per heavy atom. The summed E-state index contributed by atoms with van der Waals surface area (Å²) in [5.41, 5.74) is 10.3. The molecule has 2 amide bonds. The molecule has 2 heterocycles. The summed E-state index contributed by atoms with van der Waals surface area (Å²) in [6.45, 7) is 14.1. The molecule has 12 heteroatoms. The highest BCUT2D eigenvalue weighted by Gasteiger charge is 2.26. The molecule has 48 heavy (non-hydrogen) atoms. The van der Waals surface area contributed by atoms with Gasteiger partial charge >= 0.3 is 6.09 Å². The average Bonchev–Trinajstić information content (AvgIpc) is 3.03. The molecule has 252 valence electrons. The summed E-state index contributed by atoms with van der Waals surface area (Å²) in [5, 5.41) is 16.5. The SMILES string of the molecule is CC(C)(C)OC(=O)N1CCN(c2ccc(Nc3nc(N)nc(-c4cccc(NC(=O)c5ccc(C(C)(C)C)cc5)c4CO)n3)cc2)CC1. The van der Waals surface area contributed by atoms with Gasteiger partial charge in [0.25, 0.3) is 5.91 Å². The van der Waals surface area contributed by atoms with Gasteiger partial charge < -0.3 is 36.0 Å². The maximum absolute atomic E-state index is 13.1. The molecular weight excluding hydrogens is 608 g/mol. The van der Waals surface area contributed by atoms with Crippen molar-refractivity contribution >= 4 is 41.0 Å². The molecule has 1 fully saturated rings. The third kappa shape index (κ3) is 8.37. The largest absolute Gasteiger partial charge is 0.444 e. The summed E-state index contributed by atoms with van der Waals surface area (Å²) >= 11 is 0. The van der Waals surface area contributed by atoms with Gasteiger partial charge in [-0.05, 0) is 74.2 Å². The fourth-order valence-corrected chi connectivity index (χ4v) is 5.33. The van der Waals surface area contributed by atoms with Crippen LogP contribution in [0.5, 0.6) is 0 Å². The normalized spacial score (nSPS) is 13.6. The third-order valence-corrected chi connectivity index (χ3v) is 7.91. The smallest absolute Gasteiger partial charge is 0.410 e. The van der Waals surface area contributed by atoms with E-state index in [2.05, 4.69) is 51.3 Å². The van der Waals surface area contributed by atoms with Crippen LogP contribution in [0.15, 0.2) is 66.7 Å². The van der Waals surface area contributed by atoms with Gasteiger partial charge in [-0.25, -0.2) is 4.79 Å². The highest BCUT2D eigenvalue weighted by molar-refractivity contribution is 6.05. The molecule has 1 aliphatic heterocycles. The summed E-state index contributed by atoms with van der Waals surface area (Å²) in [4.78, 5) is 42.7. The van der Waals surface area contributed by atoms with E-state index in [-0.39, 0.29) is 41.7 Å². The Kier molecular flexibility index (Phi) is 9.85. The van der Waals surface area contributed by atoms with Crippen LogP contribution < -0.4 is 21.3 Å². The Morgan fingerprint density at radius 3 is 2.15 bits per heavy atom. The number of nitrogens with one attached hydrogen (secondary N) is 2. The second-order valence-corrected chi connectivity index (χ2v) is 13.7. The molecule has 0 unspecified atom stereocenters. The number of aliphatic hydroxyl groups excluding tert-OH is 1. The van der Waals surface area contributed by atoms with E-state index in [0.29, 0.717) is 48.6 Å². The van der Waals surface area contributed by atoms with E-state index in [0.717, 1.165) is 16.9 Å². The zero-order valence-electron chi connectivity index (χ0n) is 28.4. The van der Waals surface area contributed by atoms with Crippen LogP contribution in [0.25, 0.3) is 11.4 Å². The number of ether oxygens (including phenoxy) is 1. The summed E-state index contributed by atoms with van der Waals surface area (Å²) in [7, 11) is 0. The van der Waals surface area contributed by atoms with Gasteiger partial charge in [-0.2, -0.15) is 15.0 Å². The Hall–Kier alpha value is -5.23. The van der Waals surface area contributed by atoms with Crippen molar-refractivity contribution in [2.75, 3.05) is 47.4 Å². The summed E-state index contributed by atoms with van der Waals surface area (Å²) in [6, 6.07) is 20.5. The highest BCUT2D eigenvalue weighted by atomic mass is 16.6. The van der Waals surface area contributed by atoms with Gasteiger partial charge in [0.1, 0.15) is 5.60 Å². The fraction of sp³-hybridized carbons (Fsp3) is 0.361. The number of amides is 2. The van der Waals surface area contributed by atoms with Crippen molar-refractivity contribution < 1.29 is 19.4 Å². The number of nitrogens with two attached hydrogens (primary N) is 1. The lowest BCUT2D eigenvalue weighted by atomic mass is 9.86. The minimum atomic E-state index is -0.524. The molecule has 0 bridgehead atoms. The summed E-state index contributed by atoms with van der Waals surface area (Å²) in [5.74, 6) is 0.181. The lowest BCUT2D eigenvalue weighted by molar-refractivity contribution is 0.0240. The first-order valence-electron chi connectivity index (χ1n) is 16.0. The van der Waals surface area contributed by atoms with Crippen LogP contribution in [-0.2, 0) is 16.8 Å². The van der Waals surface area contributed by atoms with E-state index in [4.69, 9.17) is 10.5 Å². The van der Waals surface area contributed by atoms with E-state index < -0.39 is 5.60 Å². The van der Waals surface area contributed by atoms with E-state index >= 15 is 0 Å². The van der Waals surface area contributed by atoms with Crippen LogP contribution in [0.2, 0.25) is 0 Å². The molecule has 0 saturated carbocycles. The standard InChI is InChI=1S/C36H44N8O4/c1-35(2,3)24-12-10-23(11-13-24)31(46)39-29-9-7-8-27(28(29)22-45)30-40-32(37)42-33(41-30)38-25-14-16-26(17-15-25)43-18-20-44(21-19-43)34(47)48-36(4,5)6/h7-17,45H,18-22H2,1-6H3,(H,39,46)(H3,37,38,40,41,42). The first-order chi connectivity index (χ1) is 22.7. The average molecular weight is 653 g/mol. The topological polar surface area (TPSA) is 159 Å². The number of aromatic nitrogens is 3. The van der Waals surface area contributed by atoms with Gasteiger partial charge in [-0.1, -0.05) is 45.0 Å². The Bertz CT molecular complexity index is 1760. The van der Waals surface area contributed by atoms with Crippen molar-refractivity contribution in [3.63, 3.8) is 0 Å². The zero-order chi connectivity index (χ0) is 34.6. The molecule has 12 nitrogen and oxygen atoms in total. The predicted octanol–water partition coefficient (Wildman–Crippen LogP) is 5.96. The molecule has 3 aromatic carbocycles. The molecule has 0 aliphatic carbocycles. The predicted molar refractivity (Wildman–Crippen MR) is 188 cm³/mol. The molecule has 1 aliphatic rings. The van der Waals surface area contributed by atoms with Crippen molar-refractivity contribution in [2.45, 2.75) is 59.2 Å². The third-order valence-electron chi connectivity index (χ3n) is 7.91. The number of benzene rings is 3. The second-order valence-electron chi connectivity index (χ2n) is 13.7. The molecular formula is C36H44N8O4.